The number of aliphatic hydroxyl groups is 3. The van der Waals surface area contributed by atoms with E-state index in [4.69, 9.17) is 0 Å². The fraction of sp³-hybridized carbons (Fsp3) is 0.900. The van der Waals surface area contributed by atoms with Crippen molar-refractivity contribution in [2.75, 3.05) is 13.2 Å². The van der Waals surface area contributed by atoms with E-state index in [2.05, 4.69) is 47.6 Å². The zero-order valence-corrected chi connectivity index (χ0v) is 22.4. The Morgan fingerprint density at radius 2 is 1.62 bits per heavy atom. The first-order valence-electron chi connectivity index (χ1n) is 13.9. The Labute approximate surface area is 206 Å². The number of carbonyl (C=O) groups is 1. The third kappa shape index (κ3) is 2.85. The average Bonchev–Trinajstić information content (AvgIpc) is 2.79. The molecule has 0 aliphatic heterocycles. The van der Waals surface area contributed by atoms with E-state index < -0.39 is 11.5 Å². The number of aliphatic hydroxyl groups excluding tert-OH is 3. The van der Waals surface area contributed by atoms with E-state index in [1.165, 1.54) is 5.57 Å². The molecule has 5 aliphatic carbocycles. The molecule has 0 amide bonds. The fourth-order valence-corrected chi connectivity index (χ4v) is 10.5. The summed E-state index contributed by atoms with van der Waals surface area (Å²) in [5, 5.41) is 31.5. The molecular weight excluding hydrogens is 424 g/mol. The fourth-order valence-electron chi connectivity index (χ4n) is 10.5. The van der Waals surface area contributed by atoms with E-state index in [9.17, 15) is 20.1 Å². The van der Waals surface area contributed by atoms with Gasteiger partial charge in [-0.15, -0.1) is 0 Å². The molecule has 4 fully saturated rings. The molecule has 192 valence electrons. The van der Waals surface area contributed by atoms with Gasteiger partial charge in [-0.25, -0.2) is 0 Å². The summed E-state index contributed by atoms with van der Waals surface area (Å²) in [5.74, 6) is 1.42. The molecule has 3 N–H and O–H groups in total. The summed E-state index contributed by atoms with van der Waals surface area (Å²) in [6, 6.07) is 0. The highest BCUT2D eigenvalue weighted by molar-refractivity contribution is 5.87. The summed E-state index contributed by atoms with van der Waals surface area (Å²) in [4.78, 5) is 13.5. The van der Waals surface area contributed by atoms with Crippen LogP contribution >= 0.6 is 0 Å². The second-order valence-electron chi connectivity index (χ2n) is 14.8. The van der Waals surface area contributed by atoms with Crippen molar-refractivity contribution in [2.24, 2.45) is 50.2 Å². The monoisotopic (exact) mass is 472 g/mol. The molecule has 5 aliphatic rings. The van der Waals surface area contributed by atoms with E-state index in [1.807, 2.05) is 0 Å². The first kappa shape index (κ1) is 25.0. The number of ketones is 1. The van der Waals surface area contributed by atoms with Crippen LogP contribution in [0.15, 0.2) is 11.6 Å². The van der Waals surface area contributed by atoms with Crippen molar-refractivity contribution >= 4 is 5.78 Å². The summed E-state index contributed by atoms with van der Waals surface area (Å²) in [5.41, 5.74) is 0.752. The van der Waals surface area contributed by atoms with Crippen LogP contribution in [0.5, 0.6) is 0 Å². The van der Waals surface area contributed by atoms with Crippen LogP contribution in [0.25, 0.3) is 0 Å². The molecule has 0 saturated heterocycles. The molecular formula is C30H48O4. The Bertz CT molecular complexity index is 911. The predicted octanol–water partition coefficient (Wildman–Crippen LogP) is 5.29. The lowest BCUT2D eigenvalue weighted by atomic mass is 9.33. The first-order valence-corrected chi connectivity index (χ1v) is 13.9. The first-order chi connectivity index (χ1) is 15.7. The summed E-state index contributed by atoms with van der Waals surface area (Å²) < 4.78 is 0. The average molecular weight is 473 g/mol. The molecule has 4 heteroatoms. The Morgan fingerprint density at radius 1 is 0.912 bits per heavy atom. The van der Waals surface area contributed by atoms with Crippen LogP contribution in [0.1, 0.15) is 99.3 Å². The molecule has 0 bridgehead atoms. The number of fused-ring (bicyclic) bond motifs is 7. The van der Waals surface area contributed by atoms with E-state index >= 15 is 0 Å². The molecule has 4 nitrogen and oxygen atoms in total. The van der Waals surface area contributed by atoms with E-state index in [-0.39, 0.29) is 46.2 Å². The minimum Gasteiger partial charge on any atom is -0.396 e. The molecule has 34 heavy (non-hydrogen) atoms. The second kappa shape index (κ2) is 7.42. The van der Waals surface area contributed by atoms with Crippen molar-refractivity contribution in [1.82, 2.24) is 0 Å². The Hall–Kier alpha value is -0.710. The highest BCUT2D eigenvalue weighted by Crippen LogP contribution is 2.75. The van der Waals surface area contributed by atoms with Crippen LogP contribution < -0.4 is 0 Å². The standard InChI is InChI=1S/C30H48O4/c1-25(17-31)15-20-19-7-8-22-27(3)11-10-23(33)28(4,18-32)21(27)9-12-30(22,6)29(19,5)14-13-26(20,2)24(34)16-25/h7,20-23,31-33H,8-18H2,1-6H3/t20-,21-,22-,23+,25-,26-,27+,28-,29-,30-/m1/s1. The van der Waals surface area contributed by atoms with Gasteiger partial charge in [0.25, 0.3) is 0 Å². The van der Waals surface area contributed by atoms with Crippen molar-refractivity contribution in [3.63, 3.8) is 0 Å². The van der Waals surface area contributed by atoms with Gasteiger partial charge in [0, 0.05) is 23.9 Å². The SMILES string of the molecule is C[C@]1(CO)CC(=O)[C@]2(C)CC[C@]3(C)C(=CC[C@@H]4[C@@]5(C)CC[C@H](O)[C@](C)(CO)[C@@H]5CC[C@]43C)[C@H]2C1. The lowest BCUT2D eigenvalue weighted by molar-refractivity contribution is -0.215. The molecule has 0 aromatic carbocycles. The lowest BCUT2D eigenvalue weighted by Gasteiger charge is -2.71. The quantitative estimate of drug-likeness (QED) is 0.477. The van der Waals surface area contributed by atoms with Gasteiger partial charge in [0.2, 0.25) is 0 Å². The molecule has 10 atom stereocenters. The molecule has 0 unspecified atom stereocenters. The van der Waals surface area contributed by atoms with E-state index in [1.54, 1.807) is 0 Å². The van der Waals surface area contributed by atoms with Crippen molar-refractivity contribution in [2.45, 2.75) is 105 Å². The van der Waals surface area contributed by atoms with Gasteiger partial charge in [-0.1, -0.05) is 53.2 Å². The Morgan fingerprint density at radius 3 is 2.26 bits per heavy atom. The van der Waals surface area contributed by atoms with Gasteiger partial charge in [-0.05, 0) is 90.8 Å². The van der Waals surface area contributed by atoms with Crippen molar-refractivity contribution in [3.8, 4) is 0 Å². The molecule has 4 saturated carbocycles. The largest absolute Gasteiger partial charge is 0.396 e. The van der Waals surface area contributed by atoms with Gasteiger partial charge in [0.1, 0.15) is 5.78 Å². The van der Waals surface area contributed by atoms with Crippen molar-refractivity contribution in [1.29, 1.82) is 0 Å². The van der Waals surface area contributed by atoms with Gasteiger partial charge in [-0.3, -0.25) is 4.79 Å². The maximum absolute atomic E-state index is 13.5. The van der Waals surface area contributed by atoms with Crippen LogP contribution in [-0.4, -0.2) is 40.4 Å². The number of hydrogen-bond acceptors (Lipinski definition) is 4. The van der Waals surface area contributed by atoms with Crippen LogP contribution in [0.4, 0.5) is 0 Å². The summed E-state index contributed by atoms with van der Waals surface area (Å²) >= 11 is 0. The van der Waals surface area contributed by atoms with Gasteiger partial charge in [-0.2, -0.15) is 0 Å². The number of rotatable bonds is 2. The minimum atomic E-state index is -0.427. The maximum Gasteiger partial charge on any atom is 0.139 e. The maximum atomic E-state index is 13.5. The topological polar surface area (TPSA) is 77.8 Å². The molecule has 5 rings (SSSR count). The van der Waals surface area contributed by atoms with Gasteiger partial charge >= 0.3 is 0 Å². The number of allylic oxidation sites excluding steroid dienone is 2. The van der Waals surface area contributed by atoms with E-state index in [0.717, 1.165) is 51.4 Å². The van der Waals surface area contributed by atoms with Gasteiger partial charge in [0.05, 0.1) is 12.7 Å². The number of Topliss-reactive ketones (excluding diaryl/α,β-unsaturated/α-hetero) is 1. The predicted molar refractivity (Wildman–Crippen MR) is 134 cm³/mol. The number of carbonyl (C=O) groups excluding carboxylic acids is 1. The minimum absolute atomic E-state index is 0.0493. The van der Waals surface area contributed by atoms with Crippen LogP contribution in [-0.2, 0) is 4.79 Å². The van der Waals surface area contributed by atoms with Crippen LogP contribution in [0, 0.1) is 50.2 Å². The van der Waals surface area contributed by atoms with Crippen molar-refractivity contribution < 1.29 is 20.1 Å². The van der Waals surface area contributed by atoms with E-state index in [0.29, 0.717) is 24.0 Å². The zero-order chi connectivity index (χ0) is 24.9. The zero-order valence-electron chi connectivity index (χ0n) is 22.4. The molecule has 0 spiro atoms. The summed E-state index contributed by atoms with van der Waals surface area (Å²) in [7, 11) is 0. The molecule has 0 aromatic heterocycles. The summed E-state index contributed by atoms with van der Waals surface area (Å²) in [6.45, 7) is 14.0. The van der Waals surface area contributed by atoms with Crippen LogP contribution in [0.2, 0.25) is 0 Å². The normalized spacial score (nSPS) is 57.1. The second-order valence-corrected chi connectivity index (χ2v) is 14.8. The Balaban J connectivity index is 1.58. The summed E-state index contributed by atoms with van der Waals surface area (Å²) in [6.07, 6.45) is 10.5. The molecule has 0 heterocycles. The third-order valence-electron chi connectivity index (χ3n) is 13.2. The lowest BCUT2D eigenvalue weighted by Crippen LogP contribution is -2.66. The van der Waals surface area contributed by atoms with Crippen LogP contribution in [0.3, 0.4) is 0 Å². The third-order valence-corrected chi connectivity index (χ3v) is 13.2. The Kier molecular flexibility index (Phi) is 5.44. The van der Waals surface area contributed by atoms with Gasteiger partial charge in [0.15, 0.2) is 0 Å². The molecule has 0 radical (unpaired) electrons. The molecule has 0 aromatic rings. The smallest absolute Gasteiger partial charge is 0.139 e. The van der Waals surface area contributed by atoms with Crippen molar-refractivity contribution in [3.05, 3.63) is 11.6 Å². The highest BCUT2D eigenvalue weighted by Gasteiger charge is 2.69. The highest BCUT2D eigenvalue weighted by atomic mass is 16.3. The van der Waals surface area contributed by atoms with Gasteiger partial charge < -0.3 is 15.3 Å². The number of hydrogen-bond donors (Lipinski definition) is 3.